The Labute approximate surface area is 268 Å². The van der Waals surface area contributed by atoms with Gasteiger partial charge in [-0.05, 0) is 79.1 Å². The van der Waals surface area contributed by atoms with Gasteiger partial charge in [-0.2, -0.15) is 0 Å². The predicted octanol–water partition coefficient (Wildman–Crippen LogP) is 7.36. The molecule has 7 rings (SSSR count). The first-order valence-corrected chi connectivity index (χ1v) is 15.7. The van der Waals surface area contributed by atoms with E-state index >= 15 is 0 Å². The number of hydrogen-bond acceptors (Lipinski definition) is 8. The summed E-state index contributed by atoms with van der Waals surface area (Å²) in [5.41, 5.74) is 3.15. The molecule has 3 heterocycles. The Morgan fingerprint density at radius 2 is 1.85 bits per heavy atom. The van der Waals surface area contributed by atoms with Crippen LogP contribution in [0.25, 0.3) is 16.0 Å². The monoisotopic (exact) mass is 636 g/mol. The number of fused-ring (bicyclic) bond motifs is 2. The molecule has 0 bridgehead atoms. The van der Waals surface area contributed by atoms with E-state index in [-0.39, 0.29) is 22.6 Å². The Morgan fingerprint density at radius 3 is 2.65 bits per heavy atom. The van der Waals surface area contributed by atoms with Crippen LogP contribution in [0.3, 0.4) is 0 Å². The summed E-state index contributed by atoms with van der Waals surface area (Å²) in [6.07, 6.45) is 0.639. The molecule has 1 fully saturated rings. The van der Waals surface area contributed by atoms with Gasteiger partial charge in [-0.1, -0.05) is 47.7 Å². The third-order valence-electron chi connectivity index (χ3n) is 7.98. The first-order valence-electron chi connectivity index (χ1n) is 14.9. The maximum atomic E-state index is 14.1. The number of anilines is 1. The van der Waals surface area contributed by atoms with Gasteiger partial charge in [0.15, 0.2) is 16.6 Å². The quantitative estimate of drug-likeness (QED) is 0.108. The zero-order valence-electron chi connectivity index (χ0n) is 25.0. The summed E-state index contributed by atoms with van der Waals surface area (Å²) in [5, 5.41) is 11.9. The highest BCUT2D eigenvalue weighted by atomic mass is 32.1. The molecule has 0 aliphatic carbocycles. The fourth-order valence-electron chi connectivity index (χ4n) is 5.88. The van der Waals surface area contributed by atoms with Crippen molar-refractivity contribution in [2.24, 2.45) is 0 Å². The Balaban J connectivity index is 1.36. The molecule has 1 amide bonds. The second-order valence-corrected chi connectivity index (χ2v) is 12.2. The maximum absolute atomic E-state index is 14.1. The summed E-state index contributed by atoms with van der Waals surface area (Å²) in [4.78, 5) is 33.5. The van der Waals surface area contributed by atoms with Crippen molar-refractivity contribution >= 4 is 44.1 Å². The molecule has 10 heteroatoms. The van der Waals surface area contributed by atoms with E-state index in [1.165, 1.54) is 23.1 Å². The van der Waals surface area contributed by atoms with Crippen LogP contribution in [-0.4, -0.2) is 34.5 Å². The number of nitrogens with zero attached hydrogens (tertiary/aromatic N) is 2. The molecule has 0 radical (unpaired) electrons. The highest BCUT2D eigenvalue weighted by molar-refractivity contribution is 7.22. The van der Waals surface area contributed by atoms with Gasteiger partial charge in [0.1, 0.15) is 30.0 Å². The summed E-state index contributed by atoms with van der Waals surface area (Å²) < 4.78 is 32.5. The van der Waals surface area contributed by atoms with E-state index in [2.05, 4.69) is 4.98 Å². The first-order chi connectivity index (χ1) is 22.3. The van der Waals surface area contributed by atoms with Crippen LogP contribution in [-0.2, 0) is 22.6 Å². The number of halogens is 1. The molecule has 232 valence electrons. The van der Waals surface area contributed by atoms with Crippen LogP contribution in [0.5, 0.6) is 17.2 Å². The SMILES string of the molecule is CCOc1cc(C2/C(=C(/O)c3ccc4c(c3)CC(C)O4)C(=O)C(=O)N2c2nc3ccc(F)cc3s2)ccc1OCc1ccccc1. The number of thiazole rings is 1. The Bertz CT molecular complexity index is 2020. The Hall–Kier alpha value is -5.22. The number of amides is 1. The lowest BCUT2D eigenvalue weighted by atomic mass is 9.94. The van der Waals surface area contributed by atoms with E-state index in [1.807, 2.05) is 44.2 Å². The van der Waals surface area contributed by atoms with Crippen LogP contribution >= 0.6 is 11.3 Å². The van der Waals surface area contributed by atoms with E-state index in [0.717, 1.165) is 28.2 Å². The van der Waals surface area contributed by atoms with Crippen LogP contribution in [0.2, 0.25) is 0 Å². The fourth-order valence-corrected chi connectivity index (χ4v) is 6.89. The number of rotatable bonds is 8. The largest absolute Gasteiger partial charge is 0.507 e. The number of aliphatic hydroxyl groups is 1. The molecule has 2 aliphatic rings. The van der Waals surface area contributed by atoms with E-state index < -0.39 is 23.5 Å². The van der Waals surface area contributed by atoms with Crippen molar-refractivity contribution in [2.45, 2.75) is 39.0 Å². The highest BCUT2D eigenvalue weighted by Crippen LogP contribution is 2.46. The average Bonchev–Trinajstić information content (AvgIpc) is 3.72. The summed E-state index contributed by atoms with van der Waals surface area (Å²) in [6, 6.07) is 23.2. The lowest BCUT2D eigenvalue weighted by molar-refractivity contribution is -0.132. The number of carbonyl (C=O) groups excluding carboxylic acids is 2. The van der Waals surface area contributed by atoms with E-state index in [9.17, 15) is 19.1 Å². The van der Waals surface area contributed by atoms with Gasteiger partial charge in [-0.15, -0.1) is 0 Å². The van der Waals surface area contributed by atoms with Crippen molar-refractivity contribution in [3.63, 3.8) is 0 Å². The van der Waals surface area contributed by atoms with Gasteiger partial charge in [0.25, 0.3) is 5.78 Å². The summed E-state index contributed by atoms with van der Waals surface area (Å²) >= 11 is 1.09. The lowest BCUT2D eigenvalue weighted by Gasteiger charge is -2.24. The van der Waals surface area contributed by atoms with E-state index in [4.69, 9.17) is 14.2 Å². The van der Waals surface area contributed by atoms with Crippen LogP contribution in [0.4, 0.5) is 9.52 Å². The van der Waals surface area contributed by atoms with Crippen molar-refractivity contribution in [3.8, 4) is 17.2 Å². The number of Topliss-reactive ketones (excluding diaryl/α,β-unsaturated/α-hetero) is 1. The maximum Gasteiger partial charge on any atom is 0.301 e. The second kappa shape index (κ2) is 11.9. The molecule has 5 aromatic rings. The van der Waals surface area contributed by atoms with Gasteiger partial charge >= 0.3 is 5.91 Å². The van der Waals surface area contributed by atoms with Crippen LogP contribution < -0.4 is 19.1 Å². The molecule has 4 aromatic carbocycles. The molecule has 2 atom stereocenters. The predicted molar refractivity (Wildman–Crippen MR) is 173 cm³/mol. The zero-order chi connectivity index (χ0) is 31.9. The number of aromatic nitrogens is 1. The molecule has 46 heavy (non-hydrogen) atoms. The van der Waals surface area contributed by atoms with Gasteiger partial charge in [-0.3, -0.25) is 14.5 Å². The smallest absolute Gasteiger partial charge is 0.301 e. The molecular formula is C36H29FN2O6S. The molecule has 8 nitrogen and oxygen atoms in total. The zero-order valence-corrected chi connectivity index (χ0v) is 25.8. The molecule has 0 saturated carbocycles. The third-order valence-corrected chi connectivity index (χ3v) is 9.00. The second-order valence-electron chi connectivity index (χ2n) is 11.1. The van der Waals surface area contributed by atoms with E-state index in [1.54, 1.807) is 36.4 Å². The highest BCUT2D eigenvalue weighted by Gasteiger charge is 2.48. The van der Waals surface area contributed by atoms with Gasteiger partial charge in [-0.25, -0.2) is 9.37 Å². The fraction of sp³-hybridized carbons (Fsp3) is 0.194. The molecule has 1 saturated heterocycles. The molecular weight excluding hydrogens is 607 g/mol. The molecule has 2 aliphatic heterocycles. The molecule has 1 aromatic heterocycles. The number of ketones is 1. The van der Waals surface area contributed by atoms with Gasteiger partial charge < -0.3 is 19.3 Å². The summed E-state index contributed by atoms with van der Waals surface area (Å²) in [6.45, 7) is 4.45. The number of hydrogen-bond donors (Lipinski definition) is 1. The normalized spacial score (nSPS) is 18.5. The van der Waals surface area contributed by atoms with Crippen LogP contribution in [0, 0.1) is 5.82 Å². The van der Waals surface area contributed by atoms with Crippen molar-refractivity contribution in [3.05, 3.63) is 119 Å². The molecule has 0 spiro atoms. The Morgan fingerprint density at radius 1 is 1.02 bits per heavy atom. The number of aliphatic hydroxyl groups excluding tert-OH is 1. The minimum Gasteiger partial charge on any atom is -0.507 e. The van der Waals surface area contributed by atoms with Crippen molar-refractivity contribution < 1.29 is 33.3 Å². The first kappa shape index (κ1) is 29.5. The van der Waals surface area contributed by atoms with Crippen molar-refractivity contribution in [1.82, 2.24) is 4.98 Å². The minimum absolute atomic E-state index is 0.0125. The van der Waals surface area contributed by atoms with Gasteiger partial charge in [0.2, 0.25) is 0 Å². The van der Waals surface area contributed by atoms with Crippen LogP contribution in [0.15, 0.2) is 90.5 Å². The molecule has 1 N–H and O–H groups in total. The standard InChI is InChI=1S/C36H29FN2O6S/c1-3-43-29-17-22(9-14-28(29)44-19-21-7-5-4-6-8-21)32-31(33(40)23-10-13-27-24(16-23)15-20(2)45-27)34(41)35(42)39(32)36-38-26-12-11-25(37)18-30(26)46-36/h4-14,16-18,20,32,40H,3,15,19H2,1-2H3/b33-31-. The van der Waals surface area contributed by atoms with E-state index in [0.29, 0.717) is 52.5 Å². The number of benzene rings is 4. The lowest BCUT2D eigenvalue weighted by Crippen LogP contribution is -2.29. The summed E-state index contributed by atoms with van der Waals surface area (Å²) in [5.74, 6) is -0.861. The van der Waals surface area contributed by atoms with Gasteiger partial charge in [0.05, 0.1) is 28.4 Å². The van der Waals surface area contributed by atoms with Crippen molar-refractivity contribution in [2.75, 3.05) is 11.5 Å². The van der Waals surface area contributed by atoms with Crippen LogP contribution in [0.1, 0.15) is 42.1 Å². The summed E-state index contributed by atoms with van der Waals surface area (Å²) in [7, 11) is 0. The minimum atomic E-state index is -1.06. The number of carbonyl (C=O) groups is 2. The number of ether oxygens (including phenoxy) is 3. The average molecular weight is 637 g/mol. The van der Waals surface area contributed by atoms with Crippen molar-refractivity contribution in [1.29, 1.82) is 0 Å². The Kier molecular flexibility index (Phi) is 7.66. The molecule has 2 unspecified atom stereocenters. The third kappa shape index (κ3) is 5.34. The van der Waals surface area contributed by atoms with Gasteiger partial charge in [0, 0.05) is 12.0 Å². The topological polar surface area (TPSA) is 98.2 Å².